The van der Waals surface area contributed by atoms with E-state index in [-0.39, 0.29) is 31.0 Å². The second-order valence-corrected chi connectivity index (χ2v) is 11.4. The predicted octanol–water partition coefficient (Wildman–Crippen LogP) is 3.82. The third kappa shape index (κ3) is 3.39. The van der Waals surface area contributed by atoms with Crippen molar-refractivity contribution in [2.45, 2.75) is 90.5 Å². The Morgan fingerprint density at radius 2 is 1.81 bits per heavy atom. The molecule has 0 spiro atoms. The molecule has 1 N–H and O–H groups in total. The molecule has 198 valence electrons. The Kier molecular flexibility index (Phi) is 6.60. The molecule has 7 nitrogen and oxygen atoms in total. The van der Waals surface area contributed by atoms with E-state index in [1.54, 1.807) is 33.8 Å². The number of Topliss-reactive ketones (excluding diaryl/α,β-unsaturated/α-hetero) is 1. The van der Waals surface area contributed by atoms with Crippen molar-refractivity contribution in [3.05, 3.63) is 23.8 Å². The molecule has 3 saturated carbocycles. The number of hydrogen-bond acceptors (Lipinski definition) is 7. The van der Waals surface area contributed by atoms with Crippen molar-refractivity contribution in [1.29, 1.82) is 0 Å². The molecule has 3 fully saturated rings. The van der Waals surface area contributed by atoms with E-state index in [4.69, 9.17) is 9.47 Å². The molecule has 36 heavy (non-hydrogen) atoms. The number of alkyl halides is 1. The highest BCUT2D eigenvalue weighted by atomic mass is 19.1. The van der Waals surface area contributed by atoms with Gasteiger partial charge < -0.3 is 14.6 Å². The maximum absolute atomic E-state index is 17.4. The molecule has 0 aliphatic heterocycles. The molecule has 0 aromatic heterocycles. The van der Waals surface area contributed by atoms with Crippen molar-refractivity contribution in [2.75, 3.05) is 6.61 Å². The van der Waals surface area contributed by atoms with Gasteiger partial charge in [0.2, 0.25) is 5.78 Å². The molecule has 4 aliphatic rings. The Labute approximate surface area is 211 Å². The van der Waals surface area contributed by atoms with Crippen LogP contribution in [-0.4, -0.2) is 52.6 Å². The lowest BCUT2D eigenvalue weighted by molar-refractivity contribution is -0.228. The van der Waals surface area contributed by atoms with Crippen LogP contribution in [0.5, 0.6) is 0 Å². The van der Waals surface area contributed by atoms with E-state index in [0.717, 1.165) is 0 Å². The van der Waals surface area contributed by atoms with Gasteiger partial charge in [0.25, 0.3) is 0 Å². The topological polar surface area (TPSA) is 107 Å². The van der Waals surface area contributed by atoms with E-state index in [9.17, 15) is 24.3 Å². The molecule has 0 radical (unpaired) electrons. The molecule has 0 aromatic rings. The molecular formula is C28H37FO7. The quantitative estimate of drug-likeness (QED) is 0.548. The van der Waals surface area contributed by atoms with Crippen molar-refractivity contribution >= 4 is 23.5 Å². The van der Waals surface area contributed by atoms with Crippen LogP contribution in [0.4, 0.5) is 4.39 Å². The average Bonchev–Trinajstić information content (AvgIpc) is 3.05. The predicted molar refractivity (Wildman–Crippen MR) is 128 cm³/mol. The van der Waals surface area contributed by atoms with Gasteiger partial charge in [-0.05, 0) is 50.7 Å². The highest BCUT2D eigenvalue weighted by molar-refractivity contribution is 6.01. The van der Waals surface area contributed by atoms with Crippen molar-refractivity contribution in [1.82, 2.24) is 0 Å². The molecule has 0 aromatic carbocycles. The number of aliphatic hydroxyl groups is 1. The largest absolute Gasteiger partial charge is 0.457 e. The third-order valence-corrected chi connectivity index (χ3v) is 9.81. The molecule has 0 amide bonds. The zero-order valence-electron chi connectivity index (χ0n) is 21.8. The second-order valence-electron chi connectivity index (χ2n) is 11.4. The van der Waals surface area contributed by atoms with Gasteiger partial charge in [-0.3, -0.25) is 19.2 Å². The summed E-state index contributed by atoms with van der Waals surface area (Å²) < 4.78 is 28.5. The summed E-state index contributed by atoms with van der Waals surface area (Å²) in [6, 6.07) is 0. The van der Waals surface area contributed by atoms with E-state index in [1.165, 1.54) is 12.2 Å². The van der Waals surface area contributed by atoms with Crippen molar-refractivity contribution in [3.63, 3.8) is 0 Å². The second kappa shape index (κ2) is 8.89. The summed E-state index contributed by atoms with van der Waals surface area (Å²) in [7, 11) is 0. The fraction of sp³-hybridized carbons (Fsp3) is 0.714. The van der Waals surface area contributed by atoms with Crippen LogP contribution in [0.3, 0.4) is 0 Å². The Morgan fingerprint density at radius 1 is 1.14 bits per heavy atom. The average molecular weight is 505 g/mol. The highest BCUT2D eigenvalue weighted by Crippen LogP contribution is 2.71. The number of rotatable bonds is 6. The number of halogens is 1. The zero-order chi connectivity index (χ0) is 26.7. The number of hydrogen-bond donors (Lipinski definition) is 1. The molecule has 8 atom stereocenters. The standard InChI is InChI=1S/C28H37FO7/c1-6-23(33)35-15-22(32)28(36-24(34)7-2)16(3)12-20-19-9-8-17-13-18(30)10-11-25(17,4)27(19,29)21(31)14-26(20,28)5/h10-11,13,16,19-21,31H,6-9,12,14-15H2,1-5H3/t16-,19-,20-,21+,25+,26+,27-,28-/m1/s1. The summed E-state index contributed by atoms with van der Waals surface area (Å²) in [6.07, 6.45) is 4.32. The third-order valence-electron chi connectivity index (χ3n) is 9.81. The monoisotopic (exact) mass is 504 g/mol. The SMILES string of the molecule is CCC(=O)OCC(=O)[C@]1(OC(=O)CC)[C@H](C)C[C@@H]2[C@H]3CCC4=CC(=O)C=C[C@]4(C)[C@]3(F)[C@@H](O)C[C@@]21C. The van der Waals surface area contributed by atoms with E-state index < -0.39 is 64.4 Å². The van der Waals surface area contributed by atoms with Gasteiger partial charge in [0.15, 0.2) is 23.7 Å². The fourth-order valence-corrected chi connectivity index (χ4v) is 8.01. The first-order valence-electron chi connectivity index (χ1n) is 13.0. The summed E-state index contributed by atoms with van der Waals surface area (Å²) in [5.74, 6) is -3.31. The van der Waals surface area contributed by atoms with Crippen molar-refractivity contribution in [2.24, 2.45) is 28.6 Å². The Bertz CT molecular complexity index is 1050. The minimum atomic E-state index is -2.05. The highest BCUT2D eigenvalue weighted by Gasteiger charge is 2.77. The van der Waals surface area contributed by atoms with Gasteiger partial charge >= 0.3 is 11.9 Å². The van der Waals surface area contributed by atoms with Gasteiger partial charge in [0.1, 0.15) is 0 Å². The lowest BCUT2D eigenvalue weighted by Crippen LogP contribution is -2.70. The number of fused-ring (bicyclic) bond motifs is 5. The number of esters is 2. The molecule has 8 heteroatoms. The van der Waals surface area contributed by atoms with Crippen molar-refractivity contribution in [3.8, 4) is 0 Å². The van der Waals surface area contributed by atoms with Gasteiger partial charge in [0, 0.05) is 35.5 Å². The number of allylic oxidation sites excluding steroid dienone is 4. The van der Waals surface area contributed by atoms with Crippen LogP contribution in [0.25, 0.3) is 0 Å². The Morgan fingerprint density at radius 3 is 2.44 bits per heavy atom. The zero-order valence-corrected chi connectivity index (χ0v) is 21.8. The van der Waals surface area contributed by atoms with E-state index in [1.807, 2.05) is 6.92 Å². The lowest BCUT2D eigenvalue weighted by Gasteiger charge is -2.62. The smallest absolute Gasteiger partial charge is 0.306 e. The van der Waals surface area contributed by atoms with Crippen LogP contribution in [0.1, 0.15) is 73.1 Å². The molecule has 4 aliphatic carbocycles. The number of carbonyl (C=O) groups excluding carboxylic acids is 4. The van der Waals surface area contributed by atoms with Gasteiger partial charge in [-0.1, -0.05) is 39.3 Å². The first kappa shape index (κ1) is 26.7. The van der Waals surface area contributed by atoms with Gasteiger partial charge in [-0.15, -0.1) is 0 Å². The summed E-state index contributed by atoms with van der Waals surface area (Å²) in [5, 5.41) is 11.5. The van der Waals surface area contributed by atoms with Crippen molar-refractivity contribution < 1.29 is 38.1 Å². The van der Waals surface area contributed by atoms with Crippen LogP contribution in [0.2, 0.25) is 0 Å². The first-order chi connectivity index (χ1) is 16.8. The van der Waals surface area contributed by atoms with Gasteiger partial charge in [-0.25, -0.2) is 4.39 Å². The summed E-state index contributed by atoms with van der Waals surface area (Å²) in [5.41, 5.74) is -5.26. The van der Waals surface area contributed by atoms with E-state index >= 15 is 4.39 Å². The minimum Gasteiger partial charge on any atom is -0.457 e. The summed E-state index contributed by atoms with van der Waals surface area (Å²) >= 11 is 0. The summed E-state index contributed by atoms with van der Waals surface area (Å²) in [6.45, 7) is 8.05. The maximum Gasteiger partial charge on any atom is 0.306 e. The number of carbonyl (C=O) groups is 4. The van der Waals surface area contributed by atoms with Gasteiger partial charge in [-0.2, -0.15) is 0 Å². The molecule has 0 heterocycles. The first-order valence-corrected chi connectivity index (χ1v) is 13.0. The Balaban J connectivity index is 1.80. The molecule has 4 rings (SSSR count). The molecule has 0 unspecified atom stereocenters. The van der Waals surface area contributed by atoms with E-state index in [2.05, 4.69) is 0 Å². The number of ether oxygens (including phenoxy) is 2. The van der Waals surface area contributed by atoms with Crippen LogP contribution in [0.15, 0.2) is 23.8 Å². The van der Waals surface area contributed by atoms with E-state index in [0.29, 0.717) is 24.8 Å². The molecule has 0 bridgehead atoms. The van der Waals surface area contributed by atoms with Gasteiger partial charge in [0.05, 0.1) is 6.10 Å². The van der Waals surface area contributed by atoms with Crippen LogP contribution in [0, 0.1) is 28.6 Å². The summed E-state index contributed by atoms with van der Waals surface area (Å²) in [4.78, 5) is 50.3. The number of ketones is 2. The molecule has 0 saturated heterocycles. The van der Waals surface area contributed by atoms with Crippen LogP contribution in [-0.2, 0) is 28.7 Å². The number of aliphatic hydroxyl groups excluding tert-OH is 1. The lowest BCUT2D eigenvalue weighted by atomic mass is 9.44. The fourth-order valence-electron chi connectivity index (χ4n) is 8.01. The normalized spacial score (nSPS) is 43.1. The molecular weight excluding hydrogens is 467 g/mol. The minimum absolute atomic E-state index is 0.0430. The Hall–Kier alpha value is -2.35. The van der Waals surface area contributed by atoms with Crippen LogP contribution >= 0.6 is 0 Å². The van der Waals surface area contributed by atoms with Crippen LogP contribution < -0.4 is 0 Å². The maximum atomic E-state index is 17.4.